The van der Waals surface area contributed by atoms with Gasteiger partial charge in [-0.2, -0.15) is 17.6 Å². The molecule has 1 N–H and O–H groups in total. The van der Waals surface area contributed by atoms with E-state index in [-0.39, 0.29) is 0 Å². The van der Waals surface area contributed by atoms with Crippen molar-refractivity contribution >= 4 is 31.8 Å². The summed E-state index contributed by atoms with van der Waals surface area (Å²) in [6, 6.07) is 7.81. The molecule has 1 heterocycles. The highest BCUT2D eigenvalue weighted by Gasteiger charge is 2.11. The van der Waals surface area contributed by atoms with Crippen LogP contribution in [0.25, 0.3) is 10.2 Å². The van der Waals surface area contributed by atoms with Gasteiger partial charge in [-0.1, -0.05) is 23.5 Å². The molecule has 0 saturated carbocycles. The first-order valence-corrected chi connectivity index (χ1v) is 7.45. The summed E-state index contributed by atoms with van der Waals surface area (Å²) in [5.41, 5.74) is 1.02. The predicted molar refractivity (Wildman–Crippen MR) is 72.1 cm³/mol. The topological polar surface area (TPSA) is 66.7 Å². The fourth-order valence-corrected chi connectivity index (χ4v) is 2.77. The molecular weight excluding hydrogens is 272 g/mol. The largest absolute Gasteiger partial charge is 0.318 e. The summed E-state index contributed by atoms with van der Waals surface area (Å²) in [5.74, 6) is 0. The van der Waals surface area contributed by atoms with Crippen LogP contribution >= 0.6 is 11.3 Å². The van der Waals surface area contributed by atoms with Gasteiger partial charge in [0.15, 0.2) is 0 Å². The van der Waals surface area contributed by atoms with Gasteiger partial charge in [0.25, 0.3) is 0 Å². The third kappa shape index (κ3) is 2.40. The molecule has 0 aliphatic heterocycles. The fourth-order valence-electron chi connectivity index (χ4n) is 1.37. The Morgan fingerprint density at radius 1 is 1.33 bits per heavy atom. The van der Waals surface area contributed by atoms with Gasteiger partial charge in [-0.25, -0.2) is 0 Å². The van der Waals surface area contributed by atoms with Gasteiger partial charge in [-0.3, -0.25) is 0 Å². The van der Waals surface area contributed by atoms with Crippen LogP contribution in [0.5, 0.6) is 0 Å². The second kappa shape index (κ2) is 4.71. The van der Waals surface area contributed by atoms with Crippen molar-refractivity contribution in [3.05, 3.63) is 29.1 Å². The van der Waals surface area contributed by atoms with Gasteiger partial charge in [0.05, 0.1) is 10.2 Å². The number of aromatic nitrogens is 1. The van der Waals surface area contributed by atoms with E-state index in [1.54, 1.807) is 0 Å². The highest BCUT2D eigenvalue weighted by molar-refractivity contribution is 7.87. The monoisotopic (exact) mass is 286 g/mol. The van der Waals surface area contributed by atoms with Crippen LogP contribution in [0.15, 0.2) is 29.4 Å². The molecule has 1 aromatic carbocycles. The quantitative estimate of drug-likeness (QED) is 0.833. The van der Waals surface area contributed by atoms with Crippen LogP contribution < -0.4 is 9.63 Å². The van der Waals surface area contributed by atoms with Crippen molar-refractivity contribution in [3.63, 3.8) is 0 Å². The molecule has 8 heteroatoms. The Morgan fingerprint density at radius 2 is 2.00 bits per heavy atom. The highest BCUT2D eigenvalue weighted by Crippen LogP contribution is 2.14. The molecule has 0 bridgehead atoms. The average molecular weight is 286 g/mol. The lowest BCUT2D eigenvalue weighted by Crippen LogP contribution is -2.34. The second-order valence-corrected chi connectivity index (χ2v) is 6.77. The minimum Gasteiger partial charge on any atom is -0.318 e. The van der Waals surface area contributed by atoms with Gasteiger partial charge in [-0.05, 0) is 12.1 Å². The Morgan fingerprint density at radius 3 is 2.61 bits per heavy atom. The lowest BCUT2D eigenvalue weighted by Gasteiger charge is -2.08. The van der Waals surface area contributed by atoms with E-state index in [9.17, 15) is 8.42 Å². The molecule has 0 aliphatic carbocycles. The van der Waals surface area contributed by atoms with E-state index in [1.807, 2.05) is 35.9 Å². The minimum absolute atomic E-state index is 0.599. The summed E-state index contributed by atoms with van der Waals surface area (Å²) in [6.07, 6.45) is 0. The van der Waals surface area contributed by atoms with E-state index in [0.717, 1.165) is 14.5 Å². The lowest BCUT2D eigenvalue weighted by atomic mass is 10.3. The number of nitrogens with zero attached hydrogens (tertiary/aromatic N) is 3. The van der Waals surface area contributed by atoms with E-state index in [0.29, 0.717) is 4.80 Å². The first-order chi connectivity index (χ1) is 8.42. The van der Waals surface area contributed by atoms with Crippen molar-refractivity contribution < 1.29 is 8.42 Å². The van der Waals surface area contributed by atoms with Crippen LogP contribution in [0.2, 0.25) is 0 Å². The number of thiazole rings is 1. The van der Waals surface area contributed by atoms with Crippen LogP contribution in [0.1, 0.15) is 0 Å². The van der Waals surface area contributed by atoms with Crippen LogP contribution in [0.4, 0.5) is 0 Å². The normalized spacial score (nSPS) is 13.4. The van der Waals surface area contributed by atoms with Crippen molar-refractivity contribution in [1.29, 1.82) is 0 Å². The van der Waals surface area contributed by atoms with E-state index in [4.69, 9.17) is 0 Å². The van der Waals surface area contributed by atoms with Crippen LogP contribution in [-0.2, 0) is 17.3 Å². The number of benzene rings is 1. The summed E-state index contributed by atoms with van der Waals surface area (Å²) in [4.78, 5) is 2.79. The number of nitrogens with one attached hydrogen (secondary N) is 1. The molecule has 0 spiro atoms. The van der Waals surface area contributed by atoms with Crippen molar-refractivity contribution in [1.82, 2.24) is 13.7 Å². The van der Waals surface area contributed by atoms with Crippen molar-refractivity contribution in [2.45, 2.75) is 0 Å². The van der Waals surface area contributed by atoms with Crippen molar-refractivity contribution in [2.24, 2.45) is 12.1 Å². The molecule has 18 heavy (non-hydrogen) atoms. The maximum atomic E-state index is 11.5. The summed E-state index contributed by atoms with van der Waals surface area (Å²) >= 11 is 1.43. The highest BCUT2D eigenvalue weighted by atomic mass is 32.2. The van der Waals surface area contributed by atoms with Gasteiger partial charge in [0, 0.05) is 21.1 Å². The fraction of sp³-hybridized carbons (Fsp3) is 0.300. The molecule has 0 amide bonds. The number of hydrogen-bond acceptors (Lipinski definition) is 4. The molecule has 0 unspecified atom stereocenters. The third-order valence-electron chi connectivity index (χ3n) is 2.45. The molecule has 0 saturated heterocycles. The van der Waals surface area contributed by atoms with Gasteiger partial charge in [0.1, 0.15) is 0 Å². The number of rotatable bonds is 3. The average Bonchev–Trinajstić information content (AvgIpc) is 2.64. The Labute approximate surface area is 109 Å². The zero-order valence-corrected chi connectivity index (χ0v) is 11.9. The molecule has 0 aliphatic rings. The van der Waals surface area contributed by atoms with Crippen LogP contribution in [0, 0.1) is 0 Å². The molecule has 6 nitrogen and oxygen atoms in total. The smallest absolute Gasteiger partial charge is 0.316 e. The molecule has 98 valence electrons. The zero-order valence-electron chi connectivity index (χ0n) is 10.3. The maximum Gasteiger partial charge on any atom is 0.316 e. The molecule has 0 fully saturated rings. The molecule has 1 aromatic heterocycles. The van der Waals surface area contributed by atoms with E-state index in [2.05, 4.69) is 9.93 Å². The van der Waals surface area contributed by atoms with E-state index in [1.165, 1.54) is 25.4 Å². The molecule has 2 rings (SSSR count). The van der Waals surface area contributed by atoms with Crippen molar-refractivity contribution in [3.8, 4) is 0 Å². The third-order valence-corrected chi connectivity index (χ3v) is 4.85. The molecular formula is C10H14N4O2S2. The molecule has 2 aromatic rings. The number of aryl methyl sites for hydroxylation is 1. The Balaban J connectivity index is 2.46. The first-order valence-electron chi connectivity index (χ1n) is 5.19. The van der Waals surface area contributed by atoms with Gasteiger partial charge in [-0.15, -0.1) is 5.10 Å². The number of fused-ring (bicyclic) bond motifs is 1. The number of hydrogen-bond donors (Lipinski definition) is 1. The first kappa shape index (κ1) is 13.1. The molecule has 0 radical (unpaired) electrons. The van der Waals surface area contributed by atoms with Crippen LogP contribution in [0.3, 0.4) is 0 Å². The summed E-state index contributed by atoms with van der Waals surface area (Å²) < 4.78 is 27.1. The Kier molecular flexibility index (Phi) is 3.42. The van der Waals surface area contributed by atoms with E-state index >= 15 is 0 Å². The zero-order chi connectivity index (χ0) is 13.3. The predicted octanol–water partition coefficient (Wildman–Crippen LogP) is 0.451. The standard InChI is InChI=1S/C10H14N4O2S2/c1-13(2)18(15,16)12-11-10-14(3)8-6-4-5-7-9(8)17-10/h4-7,12H,1-3H3. The summed E-state index contributed by atoms with van der Waals surface area (Å²) in [6.45, 7) is 0. The minimum atomic E-state index is -3.54. The van der Waals surface area contributed by atoms with E-state index < -0.39 is 10.2 Å². The summed E-state index contributed by atoms with van der Waals surface area (Å²) in [7, 11) is 1.20. The Bertz CT molecular complexity index is 728. The number of para-hydroxylation sites is 1. The van der Waals surface area contributed by atoms with Gasteiger partial charge >= 0.3 is 10.2 Å². The maximum absolute atomic E-state index is 11.5. The lowest BCUT2D eigenvalue weighted by molar-refractivity contribution is 0.506. The molecule has 0 atom stereocenters. The van der Waals surface area contributed by atoms with Gasteiger partial charge in [0.2, 0.25) is 4.80 Å². The SMILES string of the molecule is CN(C)S(=O)(=O)NN=c1sc2ccccc2n1C. The van der Waals surface area contributed by atoms with Crippen LogP contribution in [-0.4, -0.2) is 31.4 Å². The van der Waals surface area contributed by atoms with Crippen molar-refractivity contribution in [2.75, 3.05) is 14.1 Å². The Hall–Kier alpha value is -1.38. The van der Waals surface area contributed by atoms with Gasteiger partial charge < -0.3 is 4.57 Å². The second-order valence-electron chi connectivity index (χ2n) is 3.90. The summed E-state index contributed by atoms with van der Waals surface area (Å²) in [5, 5.41) is 3.94.